The molecule has 4 heteroatoms. The molecule has 2 N–H and O–H groups in total. The fourth-order valence-electron chi connectivity index (χ4n) is 1.04. The van der Waals surface area contributed by atoms with Gasteiger partial charge in [0.2, 0.25) is 0 Å². The van der Waals surface area contributed by atoms with Gasteiger partial charge in [0.05, 0.1) is 0 Å². The lowest BCUT2D eigenvalue weighted by Gasteiger charge is -1.94. The molecule has 0 aliphatic carbocycles. The largest absolute Gasteiger partial charge is 0.478 e. The monoisotopic (exact) mass is 274 g/mol. The Bertz CT molecular complexity index is 513. The second-order valence-corrected chi connectivity index (χ2v) is 3.92. The average Bonchev–Trinajstić information content (AvgIpc) is 2.45. The third-order valence-electron chi connectivity index (χ3n) is 2.33. The van der Waals surface area contributed by atoms with Crippen molar-refractivity contribution < 1.29 is 19.8 Å². The molecule has 0 spiro atoms. The minimum atomic E-state index is -1.11. The van der Waals surface area contributed by atoms with Crippen LogP contribution in [0.1, 0.15) is 18.9 Å². The number of carboxylic acid groups (broad SMARTS) is 2. The maximum Gasteiger partial charge on any atom is 0.331 e. The van der Waals surface area contributed by atoms with Gasteiger partial charge in [-0.2, -0.15) is 0 Å². The summed E-state index contributed by atoms with van der Waals surface area (Å²) >= 11 is 0. The van der Waals surface area contributed by atoms with Crippen LogP contribution in [0.15, 0.2) is 60.7 Å². The molecule has 20 heavy (non-hydrogen) atoms. The molecule has 0 saturated carbocycles. The molecule has 0 atom stereocenters. The van der Waals surface area contributed by atoms with Crippen LogP contribution in [0, 0.1) is 0 Å². The molecule has 0 unspecified atom stereocenters. The van der Waals surface area contributed by atoms with E-state index in [2.05, 4.69) is 13.2 Å². The molecule has 1 aromatic carbocycles. The van der Waals surface area contributed by atoms with E-state index in [4.69, 9.17) is 10.2 Å². The molecule has 0 amide bonds. The molecule has 4 nitrogen and oxygen atoms in total. The van der Waals surface area contributed by atoms with Crippen molar-refractivity contribution in [1.29, 1.82) is 0 Å². The summed E-state index contributed by atoms with van der Waals surface area (Å²) in [6.45, 7) is 8.28. The molecule has 0 fully saturated rings. The molecule has 0 saturated heterocycles. The fourth-order valence-corrected chi connectivity index (χ4v) is 1.04. The van der Waals surface area contributed by atoms with Crippen molar-refractivity contribution in [3.63, 3.8) is 0 Å². The van der Waals surface area contributed by atoms with Gasteiger partial charge in [-0.1, -0.05) is 55.6 Å². The predicted molar refractivity (Wildman–Crippen MR) is 79.3 cm³/mol. The first-order chi connectivity index (χ1) is 9.38. The first kappa shape index (κ1) is 17.4. The minimum Gasteiger partial charge on any atom is -0.478 e. The normalized spacial score (nSPS) is 9.95. The summed E-state index contributed by atoms with van der Waals surface area (Å²) < 4.78 is 0. The molecule has 0 bridgehead atoms. The van der Waals surface area contributed by atoms with E-state index >= 15 is 0 Å². The van der Waals surface area contributed by atoms with E-state index in [1.54, 1.807) is 0 Å². The van der Waals surface area contributed by atoms with E-state index in [0.29, 0.717) is 0 Å². The third kappa shape index (κ3) is 7.66. The van der Waals surface area contributed by atoms with Crippen molar-refractivity contribution in [3.8, 4) is 0 Å². The van der Waals surface area contributed by atoms with Crippen LogP contribution < -0.4 is 0 Å². The number of hydrogen-bond acceptors (Lipinski definition) is 2. The lowest BCUT2D eigenvalue weighted by molar-refractivity contribution is -0.133. The van der Waals surface area contributed by atoms with Gasteiger partial charge in [0.25, 0.3) is 0 Å². The molecule has 0 aliphatic rings. The van der Waals surface area contributed by atoms with Gasteiger partial charge >= 0.3 is 11.9 Å². The zero-order valence-corrected chi connectivity index (χ0v) is 11.4. The Morgan fingerprint density at radius 2 is 1.70 bits per heavy atom. The molecule has 1 rings (SSSR count). The van der Waals surface area contributed by atoms with Crippen molar-refractivity contribution in [3.05, 3.63) is 66.3 Å². The van der Waals surface area contributed by atoms with Crippen LogP contribution in [-0.2, 0) is 9.59 Å². The fraction of sp³-hybridized carbons (Fsp3) is 0.125. The summed E-state index contributed by atoms with van der Waals surface area (Å²) in [6.07, 6.45) is 3.21. The van der Waals surface area contributed by atoms with Gasteiger partial charge in [-0.3, -0.25) is 0 Å². The molecule has 0 aliphatic heterocycles. The summed E-state index contributed by atoms with van der Waals surface area (Å²) in [6, 6.07) is 10.0. The summed E-state index contributed by atoms with van der Waals surface area (Å²) in [5.41, 5.74) is 1.28. The summed E-state index contributed by atoms with van der Waals surface area (Å²) in [7, 11) is 0. The topological polar surface area (TPSA) is 74.6 Å². The molecular weight excluding hydrogens is 256 g/mol. The maximum atomic E-state index is 10.2. The van der Waals surface area contributed by atoms with Gasteiger partial charge in [-0.05, 0) is 18.9 Å². The van der Waals surface area contributed by atoms with Gasteiger partial charge in [0, 0.05) is 11.1 Å². The number of aliphatic carboxylic acids is 2. The lowest BCUT2D eigenvalue weighted by atomic mass is 10.1. The summed E-state index contributed by atoms with van der Waals surface area (Å²) in [5, 5.41) is 16.7. The molecule has 1 aromatic rings. The van der Waals surface area contributed by atoms with Crippen LogP contribution in [0.2, 0.25) is 0 Å². The number of carbonyl (C=O) groups is 2. The van der Waals surface area contributed by atoms with E-state index in [9.17, 15) is 9.59 Å². The molecule has 0 aromatic heterocycles. The predicted octanol–water partition coefficient (Wildman–Crippen LogP) is 3.38. The highest BCUT2D eigenvalue weighted by molar-refractivity contribution is 5.88. The van der Waals surface area contributed by atoms with Crippen LogP contribution in [0.5, 0.6) is 0 Å². The standard InChI is InChI=1S/C8H10O4.C8H8/c1-5(7(9)10)3-4-6(2)8(11)12;1-2-8-6-4-3-5-7-8/h4H,1,3H2,2H3,(H,9,10)(H,11,12);2-7H,1H2. The molecule has 106 valence electrons. The SMILES string of the molecule is C=C(CC=C(C)C(=O)O)C(=O)O.C=Cc1ccccc1. The highest BCUT2D eigenvalue weighted by Crippen LogP contribution is 2.03. The second kappa shape index (κ2) is 9.33. The molecule has 0 heterocycles. The highest BCUT2D eigenvalue weighted by atomic mass is 16.4. The summed E-state index contributed by atoms with van der Waals surface area (Å²) in [4.78, 5) is 20.4. The van der Waals surface area contributed by atoms with E-state index < -0.39 is 11.9 Å². The van der Waals surface area contributed by atoms with Gasteiger partial charge in [-0.15, -0.1) is 0 Å². The van der Waals surface area contributed by atoms with Gasteiger partial charge < -0.3 is 10.2 Å². The lowest BCUT2D eigenvalue weighted by Crippen LogP contribution is -2.00. The Morgan fingerprint density at radius 3 is 2.05 bits per heavy atom. The zero-order chi connectivity index (χ0) is 15.5. The summed E-state index contributed by atoms with van der Waals surface area (Å²) in [5.74, 6) is -2.15. The van der Waals surface area contributed by atoms with Crippen LogP contribution in [0.3, 0.4) is 0 Å². The van der Waals surface area contributed by atoms with E-state index in [1.165, 1.54) is 18.6 Å². The molecule has 0 radical (unpaired) electrons. The Balaban J connectivity index is 0.000000388. The number of benzene rings is 1. The minimum absolute atomic E-state index is 0.0180. The van der Waals surface area contributed by atoms with Gasteiger partial charge in [-0.25, -0.2) is 9.59 Å². The first-order valence-electron chi connectivity index (χ1n) is 5.87. The Kier molecular flexibility index (Phi) is 8.11. The van der Waals surface area contributed by atoms with Crippen LogP contribution >= 0.6 is 0 Å². The van der Waals surface area contributed by atoms with Crippen LogP contribution in [-0.4, -0.2) is 22.2 Å². The number of rotatable bonds is 5. The number of hydrogen-bond donors (Lipinski definition) is 2. The maximum absolute atomic E-state index is 10.2. The third-order valence-corrected chi connectivity index (χ3v) is 2.33. The molecular formula is C16H18O4. The Hall–Kier alpha value is -2.62. The Morgan fingerprint density at radius 1 is 1.15 bits per heavy atom. The second-order valence-electron chi connectivity index (χ2n) is 3.92. The Labute approximate surface area is 118 Å². The van der Waals surface area contributed by atoms with Crippen LogP contribution in [0.4, 0.5) is 0 Å². The number of carboxylic acids is 2. The average molecular weight is 274 g/mol. The van der Waals surface area contributed by atoms with Crippen molar-refractivity contribution in [1.82, 2.24) is 0 Å². The first-order valence-corrected chi connectivity index (χ1v) is 5.87. The van der Waals surface area contributed by atoms with E-state index in [1.807, 2.05) is 36.4 Å². The van der Waals surface area contributed by atoms with Crippen molar-refractivity contribution in [2.45, 2.75) is 13.3 Å². The van der Waals surface area contributed by atoms with Gasteiger partial charge in [0.1, 0.15) is 0 Å². The van der Waals surface area contributed by atoms with Crippen molar-refractivity contribution in [2.24, 2.45) is 0 Å². The smallest absolute Gasteiger partial charge is 0.331 e. The highest BCUT2D eigenvalue weighted by Gasteiger charge is 2.03. The van der Waals surface area contributed by atoms with Crippen molar-refractivity contribution >= 4 is 18.0 Å². The van der Waals surface area contributed by atoms with Gasteiger partial charge in [0.15, 0.2) is 0 Å². The quantitative estimate of drug-likeness (QED) is 0.807. The van der Waals surface area contributed by atoms with Crippen molar-refractivity contribution in [2.75, 3.05) is 0 Å². The van der Waals surface area contributed by atoms with Crippen LogP contribution in [0.25, 0.3) is 6.08 Å². The zero-order valence-electron chi connectivity index (χ0n) is 11.4. The number of allylic oxidation sites excluding steroid dienone is 1. The van der Waals surface area contributed by atoms with E-state index in [-0.39, 0.29) is 17.6 Å². The van der Waals surface area contributed by atoms with E-state index in [0.717, 1.165) is 0 Å².